The van der Waals surface area contributed by atoms with Gasteiger partial charge in [0, 0.05) is 0 Å². The summed E-state index contributed by atoms with van der Waals surface area (Å²) in [6.45, 7) is 6.31. The highest BCUT2D eigenvalue weighted by Crippen LogP contribution is 2.11. The van der Waals surface area contributed by atoms with Gasteiger partial charge in [0.05, 0.1) is 12.4 Å². The molecule has 0 saturated heterocycles. The van der Waals surface area contributed by atoms with E-state index in [9.17, 15) is 0 Å². The van der Waals surface area contributed by atoms with Gasteiger partial charge in [-0.2, -0.15) is 10.2 Å². The molecule has 2 rings (SSSR count). The SMILES string of the molecule is C=CCOc1ccc(C=NN=Cc2ccc(CCC)cc2)cc1. The minimum Gasteiger partial charge on any atom is -0.490 e. The molecule has 0 saturated carbocycles. The van der Waals surface area contributed by atoms with Gasteiger partial charge in [0.1, 0.15) is 12.4 Å². The molecule has 23 heavy (non-hydrogen) atoms. The summed E-state index contributed by atoms with van der Waals surface area (Å²) in [6.07, 6.45) is 7.48. The van der Waals surface area contributed by atoms with Crippen LogP contribution in [0.2, 0.25) is 0 Å². The smallest absolute Gasteiger partial charge is 0.119 e. The summed E-state index contributed by atoms with van der Waals surface area (Å²) in [4.78, 5) is 0. The zero-order chi connectivity index (χ0) is 16.3. The average Bonchev–Trinajstić information content (AvgIpc) is 2.59. The molecule has 0 atom stereocenters. The predicted molar refractivity (Wildman–Crippen MR) is 97.8 cm³/mol. The van der Waals surface area contributed by atoms with Crippen LogP contribution in [0.4, 0.5) is 0 Å². The lowest BCUT2D eigenvalue weighted by atomic mass is 10.1. The molecule has 0 heterocycles. The molecule has 0 bridgehead atoms. The second-order valence-corrected chi connectivity index (χ2v) is 5.15. The van der Waals surface area contributed by atoms with E-state index in [0.29, 0.717) is 6.61 Å². The van der Waals surface area contributed by atoms with E-state index in [1.165, 1.54) is 5.56 Å². The molecular weight excluding hydrogens is 284 g/mol. The monoisotopic (exact) mass is 306 g/mol. The molecule has 3 nitrogen and oxygen atoms in total. The molecule has 2 aromatic carbocycles. The van der Waals surface area contributed by atoms with Gasteiger partial charge in [-0.3, -0.25) is 0 Å². The van der Waals surface area contributed by atoms with Crippen LogP contribution in [0, 0.1) is 0 Å². The molecule has 0 N–H and O–H groups in total. The molecule has 0 amide bonds. The standard InChI is InChI=1S/C20H22N2O/c1-3-5-17-6-8-18(9-7-17)15-21-22-16-19-10-12-20(13-11-19)23-14-4-2/h4,6-13,15-16H,2-3,5,14H2,1H3. The van der Waals surface area contributed by atoms with Crippen molar-refractivity contribution in [3.8, 4) is 5.75 Å². The Morgan fingerprint density at radius 2 is 1.48 bits per heavy atom. The maximum atomic E-state index is 5.43. The van der Waals surface area contributed by atoms with E-state index in [4.69, 9.17) is 4.74 Å². The minimum atomic E-state index is 0.509. The highest BCUT2D eigenvalue weighted by molar-refractivity contribution is 5.82. The summed E-state index contributed by atoms with van der Waals surface area (Å²) < 4.78 is 5.43. The second kappa shape index (κ2) is 9.36. The maximum absolute atomic E-state index is 5.43. The van der Waals surface area contributed by atoms with E-state index in [1.807, 2.05) is 24.3 Å². The third kappa shape index (κ3) is 5.91. The maximum Gasteiger partial charge on any atom is 0.119 e. The van der Waals surface area contributed by atoms with Gasteiger partial charge < -0.3 is 4.74 Å². The molecule has 0 fully saturated rings. The van der Waals surface area contributed by atoms with Crippen LogP contribution in [0.25, 0.3) is 0 Å². The van der Waals surface area contributed by atoms with Gasteiger partial charge in [0.2, 0.25) is 0 Å². The number of hydrogen-bond acceptors (Lipinski definition) is 3. The fourth-order valence-electron chi connectivity index (χ4n) is 2.06. The Hall–Kier alpha value is -2.68. The molecular formula is C20H22N2O. The van der Waals surface area contributed by atoms with Crippen LogP contribution < -0.4 is 4.74 Å². The summed E-state index contributed by atoms with van der Waals surface area (Å²) in [5, 5.41) is 8.16. The van der Waals surface area contributed by atoms with Gasteiger partial charge in [-0.15, -0.1) is 0 Å². The molecule has 0 aliphatic heterocycles. The van der Waals surface area contributed by atoms with Crippen molar-refractivity contribution in [2.24, 2.45) is 10.2 Å². The van der Waals surface area contributed by atoms with Crippen molar-refractivity contribution in [3.63, 3.8) is 0 Å². The zero-order valence-corrected chi connectivity index (χ0v) is 13.5. The number of aryl methyl sites for hydroxylation is 1. The quantitative estimate of drug-likeness (QED) is 0.397. The third-order valence-corrected chi connectivity index (χ3v) is 3.25. The lowest BCUT2D eigenvalue weighted by molar-refractivity contribution is 0.363. The van der Waals surface area contributed by atoms with Crippen molar-refractivity contribution < 1.29 is 4.74 Å². The lowest BCUT2D eigenvalue weighted by Gasteiger charge is -2.02. The number of rotatable bonds is 8. The normalized spacial score (nSPS) is 11.2. The second-order valence-electron chi connectivity index (χ2n) is 5.15. The first-order chi connectivity index (χ1) is 11.3. The van der Waals surface area contributed by atoms with Crippen LogP contribution in [-0.4, -0.2) is 19.0 Å². The summed E-state index contributed by atoms with van der Waals surface area (Å²) in [5.74, 6) is 0.817. The van der Waals surface area contributed by atoms with E-state index >= 15 is 0 Å². The molecule has 2 aromatic rings. The van der Waals surface area contributed by atoms with E-state index in [0.717, 1.165) is 29.7 Å². The lowest BCUT2D eigenvalue weighted by Crippen LogP contribution is -1.92. The van der Waals surface area contributed by atoms with E-state index < -0.39 is 0 Å². The van der Waals surface area contributed by atoms with Gasteiger partial charge in [0.25, 0.3) is 0 Å². The molecule has 0 aliphatic carbocycles. The van der Waals surface area contributed by atoms with Crippen LogP contribution >= 0.6 is 0 Å². The largest absolute Gasteiger partial charge is 0.490 e. The summed E-state index contributed by atoms with van der Waals surface area (Å²) in [7, 11) is 0. The highest BCUT2D eigenvalue weighted by atomic mass is 16.5. The van der Waals surface area contributed by atoms with Crippen LogP contribution in [0.15, 0.2) is 71.4 Å². The molecule has 0 spiro atoms. The molecule has 0 aliphatic rings. The van der Waals surface area contributed by atoms with E-state index in [1.54, 1.807) is 18.5 Å². The first kappa shape index (κ1) is 16.7. The topological polar surface area (TPSA) is 34.0 Å². The highest BCUT2D eigenvalue weighted by Gasteiger charge is 1.93. The molecule has 0 unspecified atom stereocenters. The van der Waals surface area contributed by atoms with Gasteiger partial charge in [0.15, 0.2) is 0 Å². The number of hydrogen-bond donors (Lipinski definition) is 0. The van der Waals surface area contributed by atoms with Crippen molar-refractivity contribution >= 4 is 12.4 Å². The number of nitrogens with zero attached hydrogens (tertiary/aromatic N) is 2. The fourth-order valence-corrected chi connectivity index (χ4v) is 2.06. The van der Waals surface area contributed by atoms with Gasteiger partial charge in [-0.1, -0.05) is 50.3 Å². The van der Waals surface area contributed by atoms with E-state index in [-0.39, 0.29) is 0 Å². The Labute approximate surface area is 138 Å². The van der Waals surface area contributed by atoms with Crippen LogP contribution in [0.1, 0.15) is 30.0 Å². The van der Waals surface area contributed by atoms with Crippen molar-refractivity contribution in [2.45, 2.75) is 19.8 Å². The Balaban J connectivity index is 1.88. The van der Waals surface area contributed by atoms with Crippen molar-refractivity contribution in [1.29, 1.82) is 0 Å². The molecule has 3 heteroatoms. The van der Waals surface area contributed by atoms with Crippen molar-refractivity contribution in [2.75, 3.05) is 6.61 Å². The number of benzene rings is 2. The summed E-state index contributed by atoms with van der Waals surface area (Å²) in [5.41, 5.74) is 3.38. The van der Waals surface area contributed by atoms with Gasteiger partial charge >= 0.3 is 0 Å². The minimum absolute atomic E-state index is 0.509. The van der Waals surface area contributed by atoms with Gasteiger partial charge in [-0.05, 0) is 47.4 Å². The Morgan fingerprint density at radius 3 is 2.00 bits per heavy atom. The molecule has 0 aromatic heterocycles. The van der Waals surface area contributed by atoms with E-state index in [2.05, 4.69) is 48.0 Å². The van der Waals surface area contributed by atoms with Gasteiger partial charge in [-0.25, -0.2) is 0 Å². The number of ether oxygens (including phenoxy) is 1. The zero-order valence-electron chi connectivity index (χ0n) is 13.5. The average molecular weight is 306 g/mol. The summed E-state index contributed by atoms with van der Waals surface area (Å²) in [6, 6.07) is 16.1. The predicted octanol–water partition coefficient (Wildman–Crippen LogP) is 4.66. The van der Waals surface area contributed by atoms with Crippen molar-refractivity contribution in [1.82, 2.24) is 0 Å². The Morgan fingerprint density at radius 1 is 0.913 bits per heavy atom. The summed E-state index contributed by atoms with van der Waals surface area (Å²) >= 11 is 0. The first-order valence-electron chi connectivity index (χ1n) is 7.81. The van der Waals surface area contributed by atoms with Crippen LogP contribution in [-0.2, 0) is 6.42 Å². The molecule has 118 valence electrons. The Kier molecular flexibility index (Phi) is 6.79. The van der Waals surface area contributed by atoms with Crippen LogP contribution in [0.5, 0.6) is 5.75 Å². The van der Waals surface area contributed by atoms with Crippen LogP contribution in [0.3, 0.4) is 0 Å². The Bertz CT molecular complexity index is 655. The fraction of sp³-hybridized carbons (Fsp3) is 0.200. The first-order valence-corrected chi connectivity index (χ1v) is 7.81. The third-order valence-electron chi connectivity index (χ3n) is 3.25. The molecule has 0 radical (unpaired) electrons. The van der Waals surface area contributed by atoms with Crippen molar-refractivity contribution in [3.05, 3.63) is 77.9 Å².